The van der Waals surface area contributed by atoms with Gasteiger partial charge in [-0.05, 0) is 162 Å². The number of methoxy groups -OCH3 is 2. The maximum absolute atomic E-state index is 13.3. The average molecular weight is 702 g/mol. The van der Waals surface area contributed by atoms with Crippen LogP contribution in [0.1, 0.15) is 135 Å². The number of nitrogens with two attached hydrogens (primary N) is 2. The minimum Gasteiger partial charge on any atom is -0.393 e. The number of ether oxygens (including phenoxy) is 2. The summed E-state index contributed by atoms with van der Waals surface area (Å²) in [6, 6.07) is 16.1. The molecule has 0 aromatic heterocycles. The van der Waals surface area contributed by atoms with E-state index in [0.29, 0.717) is 49.9 Å². The van der Waals surface area contributed by atoms with Crippen molar-refractivity contribution >= 4 is 19.5 Å². The Kier molecular flexibility index (Phi) is 12.3. The lowest BCUT2D eigenvalue weighted by atomic mass is 9.56. The number of hydrogen-bond acceptors (Lipinski definition) is 8. The molecule has 277 valence electrons. The van der Waals surface area contributed by atoms with E-state index in [-0.39, 0.29) is 33.8 Å². The molecule has 6 aliphatic carbocycles. The highest BCUT2D eigenvalue weighted by Gasteiger charge is 2.50. The summed E-state index contributed by atoms with van der Waals surface area (Å²) in [5.41, 5.74) is 15.8. The topological polar surface area (TPSA) is 147 Å². The molecule has 6 saturated carbocycles. The molecular formula is C40H58BN4O6. The van der Waals surface area contributed by atoms with Crippen molar-refractivity contribution in [3.05, 3.63) is 70.8 Å². The van der Waals surface area contributed by atoms with Crippen LogP contribution >= 0.6 is 0 Å². The monoisotopic (exact) mass is 701 g/mol. The summed E-state index contributed by atoms with van der Waals surface area (Å²) in [4.78, 5) is 26.6. The molecule has 4 bridgehead atoms. The molecule has 8 rings (SSSR count). The molecule has 11 heteroatoms. The van der Waals surface area contributed by atoms with Crippen LogP contribution in [0.5, 0.6) is 0 Å². The fourth-order valence-electron chi connectivity index (χ4n) is 9.31. The molecule has 0 aliphatic heterocycles. The first-order valence-corrected chi connectivity index (χ1v) is 19.2. The van der Waals surface area contributed by atoms with Crippen molar-refractivity contribution in [1.29, 1.82) is 0 Å². The molecule has 0 saturated heterocycles. The number of fused-ring (bicyclic) bond motifs is 6. The fraction of sp³-hybridized carbons (Fsp3) is 0.650. The second-order valence-corrected chi connectivity index (χ2v) is 15.6. The van der Waals surface area contributed by atoms with Gasteiger partial charge in [-0.3, -0.25) is 9.59 Å². The van der Waals surface area contributed by atoms with Crippen molar-refractivity contribution < 1.29 is 28.4 Å². The van der Waals surface area contributed by atoms with Crippen LogP contribution in [0.2, 0.25) is 0 Å². The van der Waals surface area contributed by atoms with Crippen molar-refractivity contribution in [2.75, 3.05) is 27.3 Å². The molecule has 1 radical (unpaired) electrons. The van der Waals surface area contributed by atoms with Gasteiger partial charge < -0.3 is 40.9 Å². The third kappa shape index (κ3) is 8.39. The van der Waals surface area contributed by atoms with Gasteiger partial charge in [-0.15, -0.1) is 0 Å². The van der Waals surface area contributed by atoms with Gasteiger partial charge in [0.2, 0.25) is 0 Å². The van der Waals surface area contributed by atoms with Gasteiger partial charge in [-0.25, -0.2) is 0 Å². The molecule has 0 spiro atoms. The molecule has 2 aromatic rings. The second kappa shape index (κ2) is 16.5. The standard InChI is InChI=1S/C40H58BN4O6/c1-48-39-21-15-37(16-22-39,17-23-39)31-11-7-29(8-12-31)35(46)44-33(5-3-27-42)50-41-51-34(6-4-28-43)45-36(47)30-9-13-32(14-10-30)38-18-24-40(49-2,25-19-38)26-20-38/h7-14,33-34H,3-6,15-28,42-43H2,1-2H3,(H,44,46)(H,45,47). The Morgan fingerprint density at radius 3 is 1.24 bits per heavy atom. The minimum absolute atomic E-state index is 0.0619. The summed E-state index contributed by atoms with van der Waals surface area (Å²) in [5, 5.41) is 5.97. The molecule has 10 nitrogen and oxygen atoms in total. The van der Waals surface area contributed by atoms with Gasteiger partial charge in [0.05, 0.1) is 11.2 Å². The highest BCUT2D eigenvalue weighted by atomic mass is 16.6. The fourth-order valence-corrected chi connectivity index (χ4v) is 9.31. The van der Waals surface area contributed by atoms with E-state index in [1.54, 1.807) is 0 Å². The summed E-state index contributed by atoms with van der Waals surface area (Å²) < 4.78 is 23.6. The molecule has 2 aromatic carbocycles. The summed E-state index contributed by atoms with van der Waals surface area (Å²) in [7, 11) is 4.90. The Morgan fingerprint density at radius 2 is 0.941 bits per heavy atom. The number of hydrogen-bond donors (Lipinski definition) is 4. The molecule has 0 heterocycles. The van der Waals surface area contributed by atoms with E-state index in [9.17, 15) is 9.59 Å². The summed E-state index contributed by atoms with van der Waals surface area (Å²) in [6.45, 7) is 0.918. The molecule has 2 atom stereocenters. The largest absolute Gasteiger partial charge is 0.491 e. The van der Waals surface area contributed by atoms with Gasteiger partial charge in [0.1, 0.15) is 12.5 Å². The van der Waals surface area contributed by atoms with E-state index in [2.05, 4.69) is 34.9 Å². The number of nitrogens with one attached hydrogen (secondary N) is 2. The number of carbonyl (C=O) groups is 2. The zero-order chi connectivity index (χ0) is 36.0. The molecular weight excluding hydrogens is 643 g/mol. The van der Waals surface area contributed by atoms with Gasteiger partial charge in [0.25, 0.3) is 11.8 Å². The van der Waals surface area contributed by atoms with Crippen molar-refractivity contribution in [3.63, 3.8) is 0 Å². The van der Waals surface area contributed by atoms with Gasteiger partial charge in [0.15, 0.2) is 0 Å². The quantitative estimate of drug-likeness (QED) is 0.117. The predicted molar refractivity (Wildman–Crippen MR) is 198 cm³/mol. The second-order valence-electron chi connectivity index (χ2n) is 15.6. The maximum atomic E-state index is 13.3. The molecule has 2 unspecified atom stereocenters. The first-order chi connectivity index (χ1) is 24.7. The van der Waals surface area contributed by atoms with E-state index in [0.717, 1.165) is 77.0 Å². The summed E-state index contributed by atoms with van der Waals surface area (Å²) >= 11 is 0. The van der Waals surface area contributed by atoms with Gasteiger partial charge in [0, 0.05) is 25.3 Å². The zero-order valence-electron chi connectivity index (χ0n) is 30.7. The third-order valence-corrected chi connectivity index (χ3v) is 13.1. The van der Waals surface area contributed by atoms with Crippen LogP contribution in [-0.4, -0.2) is 70.5 Å². The zero-order valence-corrected chi connectivity index (χ0v) is 30.7. The Balaban J connectivity index is 1.01. The lowest BCUT2D eigenvalue weighted by molar-refractivity contribution is -0.0956. The van der Waals surface area contributed by atoms with E-state index in [4.69, 9.17) is 30.2 Å². The van der Waals surface area contributed by atoms with Crippen molar-refractivity contribution in [1.82, 2.24) is 10.6 Å². The van der Waals surface area contributed by atoms with Crippen LogP contribution in [0.25, 0.3) is 0 Å². The average Bonchev–Trinajstić information content (AvgIpc) is 3.20. The Bertz CT molecular complexity index is 1310. The van der Waals surface area contributed by atoms with Crippen LogP contribution in [0.3, 0.4) is 0 Å². The third-order valence-electron chi connectivity index (χ3n) is 13.1. The Labute approximate surface area is 304 Å². The predicted octanol–water partition coefficient (Wildman–Crippen LogP) is 5.53. The summed E-state index contributed by atoms with van der Waals surface area (Å²) in [6.07, 6.45) is 14.3. The van der Waals surface area contributed by atoms with Crippen LogP contribution < -0.4 is 22.1 Å². The first kappa shape index (κ1) is 37.9. The smallest absolute Gasteiger partial charge is 0.393 e. The highest BCUT2D eigenvalue weighted by molar-refractivity contribution is 6.18. The normalized spacial score (nSPS) is 29.3. The first-order valence-electron chi connectivity index (χ1n) is 19.2. The van der Waals surface area contributed by atoms with Crippen LogP contribution in [-0.2, 0) is 29.6 Å². The molecule has 2 amide bonds. The molecule has 6 aliphatic rings. The number of amides is 2. The molecule has 6 N–H and O–H groups in total. The van der Waals surface area contributed by atoms with Crippen molar-refractivity contribution in [2.24, 2.45) is 11.5 Å². The lowest BCUT2D eigenvalue weighted by Crippen LogP contribution is -2.49. The van der Waals surface area contributed by atoms with Crippen molar-refractivity contribution in [3.8, 4) is 0 Å². The van der Waals surface area contributed by atoms with Crippen molar-refractivity contribution in [2.45, 2.75) is 137 Å². The van der Waals surface area contributed by atoms with E-state index in [1.165, 1.54) is 18.8 Å². The maximum Gasteiger partial charge on any atom is 0.491 e. The Hall–Kier alpha value is -2.80. The Morgan fingerprint density at radius 1 is 0.608 bits per heavy atom. The van der Waals surface area contributed by atoms with E-state index in [1.807, 2.05) is 38.5 Å². The van der Waals surface area contributed by atoms with Gasteiger partial charge in [-0.2, -0.15) is 0 Å². The minimum atomic E-state index is -0.649. The van der Waals surface area contributed by atoms with Crippen LogP contribution in [0.15, 0.2) is 48.5 Å². The molecule has 51 heavy (non-hydrogen) atoms. The molecule has 6 fully saturated rings. The van der Waals surface area contributed by atoms with E-state index >= 15 is 0 Å². The number of rotatable bonds is 18. The number of carbonyl (C=O) groups excluding carboxylic acids is 2. The lowest BCUT2D eigenvalue weighted by Gasteiger charge is -2.53. The number of benzene rings is 2. The van der Waals surface area contributed by atoms with Crippen LogP contribution in [0.4, 0.5) is 0 Å². The highest BCUT2D eigenvalue weighted by Crippen LogP contribution is 2.56. The summed E-state index contributed by atoms with van der Waals surface area (Å²) in [5.74, 6) is -0.453. The SMILES string of the molecule is COC12CCC(c3ccc(C(=O)NC(CCCN)O[B]OC(CCCN)NC(=O)c4ccc(C56CCC(OC)(CC5)CC6)cc4)cc3)(CC1)CC2. The van der Waals surface area contributed by atoms with E-state index < -0.39 is 12.5 Å². The van der Waals surface area contributed by atoms with Crippen LogP contribution in [0, 0.1) is 0 Å². The van der Waals surface area contributed by atoms with Gasteiger partial charge in [-0.1, -0.05) is 24.3 Å². The van der Waals surface area contributed by atoms with Gasteiger partial charge >= 0.3 is 7.69 Å².